The summed E-state index contributed by atoms with van der Waals surface area (Å²) in [6, 6.07) is 26.0. The van der Waals surface area contributed by atoms with E-state index >= 15 is 0 Å². The average Bonchev–Trinajstić information content (AvgIpc) is 3.69. The van der Waals surface area contributed by atoms with Gasteiger partial charge in [0.2, 0.25) is 5.91 Å². The van der Waals surface area contributed by atoms with Crippen LogP contribution in [0.25, 0.3) is 22.3 Å². The minimum absolute atomic E-state index is 0.263. The van der Waals surface area contributed by atoms with Crippen molar-refractivity contribution < 1.29 is 14.3 Å². The number of anilines is 1. The first-order chi connectivity index (χ1) is 23.3. The molecule has 3 aromatic carbocycles. The molecule has 0 radical (unpaired) electrons. The maximum absolute atomic E-state index is 13.5. The van der Waals surface area contributed by atoms with Crippen LogP contribution in [0, 0.1) is 13.8 Å². The number of hydrogen-bond acceptors (Lipinski definition) is 6. The van der Waals surface area contributed by atoms with E-state index < -0.39 is 6.04 Å². The number of nitrogens with zero attached hydrogens (tertiary/aromatic N) is 4. The molecule has 3 heterocycles. The first-order valence-electron chi connectivity index (χ1n) is 16.5. The molecule has 48 heavy (non-hydrogen) atoms. The molecule has 0 saturated carbocycles. The number of aryl methyl sites for hydroxylation is 4. The van der Waals surface area contributed by atoms with Gasteiger partial charge in [0, 0.05) is 49.8 Å². The lowest BCUT2D eigenvalue weighted by Crippen LogP contribution is -2.44. The second-order valence-corrected chi connectivity index (χ2v) is 12.4. The number of nitrogens with one attached hydrogen (secondary N) is 3. The highest BCUT2D eigenvalue weighted by Crippen LogP contribution is 2.27. The molecule has 6 rings (SSSR count). The third kappa shape index (κ3) is 8.07. The van der Waals surface area contributed by atoms with Gasteiger partial charge < -0.3 is 15.4 Å². The Balaban J connectivity index is 1.07. The van der Waals surface area contributed by atoms with Crippen molar-refractivity contribution in [1.82, 2.24) is 30.2 Å². The lowest BCUT2D eigenvalue weighted by molar-refractivity contribution is -0.118. The van der Waals surface area contributed by atoms with E-state index in [1.807, 2.05) is 38.1 Å². The Morgan fingerprint density at radius 2 is 1.52 bits per heavy atom. The van der Waals surface area contributed by atoms with Gasteiger partial charge in [-0.1, -0.05) is 60.7 Å². The van der Waals surface area contributed by atoms with Gasteiger partial charge in [-0.3, -0.25) is 24.3 Å². The molecule has 1 aliphatic rings. The van der Waals surface area contributed by atoms with E-state index in [0.29, 0.717) is 17.8 Å². The number of aromatic nitrogens is 4. The summed E-state index contributed by atoms with van der Waals surface area (Å²) >= 11 is 0. The minimum atomic E-state index is -0.722. The topological polar surface area (TPSA) is 117 Å². The Bertz CT molecular complexity index is 1800. The van der Waals surface area contributed by atoms with Gasteiger partial charge in [0.15, 0.2) is 0 Å². The van der Waals surface area contributed by atoms with Gasteiger partial charge in [-0.2, -0.15) is 10.2 Å². The van der Waals surface area contributed by atoms with Crippen LogP contribution in [-0.2, 0) is 29.5 Å². The fourth-order valence-electron chi connectivity index (χ4n) is 6.22. The Labute approximate surface area is 281 Å². The largest absolute Gasteiger partial charge is 0.379 e. The summed E-state index contributed by atoms with van der Waals surface area (Å²) in [6.07, 6.45) is 3.55. The maximum Gasteiger partial charge on any atom is 0.270 e. The second-order valence-electron chi connectivity index (χ2n) is 12.4. The number of hydrogen-bond donors (Lipinski definition) is 3. The van der Waals surface area contributed by atoms with Crippen molar-refractivity contribution >= 4 is 17.5 Å². The number of aromatic amines is 1. The quantitative estimate of drug-likeness (QED) is 0.161. The number of carbonyl (C=O) groups excluding carboxylic acids is 2. The minimum Gasteiger partial charge on any atom is -0.379 e. The molecule has 1 fully saturated rings. The van der Waals surface area contributed by atoms with Crippen molar-refractivity contribution in [2.24, 2.45) is 7.05 Å². The highest BCUT2D eigenvalue weighted by Gasteiger charge is 2.23. The van der Waals surface area contributed by atoms with Gasteiger partial charge in [0.1, 0.15) is 11.7 Å². The van der Waals surface area contributed by atoms with Crippen LogP contribution >= 0.6 is 0 Å². The molecule has 1 aliphatic heterocycles. The molecule has 10 nitrogen and oxygen atoms in total. The third-order valence-electron chi connectivity index (χ3n) is 8.95. The van der Waals surface area contributed by atoms with E-state index in [2.05, 4.69) is 79.4 Å². The summed E-state index contributed by atoms with van der Waals surface area (Å²) < 4.78 is 6.96. The molecule has 2 aromatic heterocycles. The van der Waals surface area contributed by atoms with Gasteiger partial charge in [-0.15, -0.1) is 0 Å². The van der Waals surface area contributed by atoms with Crippen molar-refractivity contribution in [2.45, 2.75) is 45.7 Å². The first-order valence-corrected chi connectivity index (χ1v) is 16.5. The van der Waals surface area contributed by atoms with Crippen LogP contribution in [0.15, 0.2) is 85.1 Å². The van der Waals surface area contributed by atoms with E-state index in [1.165, 1.54) is 26.9 Å². The SMILES string of the molecule is Cc1n[nH]c(C)c1-c1ccc(NC(=O)C(CCCc2ccc(-c3ccc(CN4CCOCC4)cc3)cc2)NC(=O)c2ccnn2C)cc1. The molecule has 0 aliphatic carbocycles. The van der Waals surface area contributed by atoms with E-state index in [0.717, 1.165) is 68.2 Å². The number of carbonyl (C=O) groups is 2. The first kappa shape index (κ1) is 32.9. The second kappa shape index (κ2) is 15.2. The van der Waals surface area contributed by atoms with Gasteiger partial charge in [0.05, 0.1) is 18.9 Å². The van der Waals surface area contributed by atoms with Crippen molar-refractivity contribution in [2.75, 3.05) is 31.6 Å². The number of morpholine rings is 1. The standard InChI is InChI=1S/C38H43N7O3/c1-26-36(27(2)43-42-26)32-15-17-33(18-16-32)40-37(46)34(41-38(47)35-19-20-39-44(35)3)6-4-5-28-7-11-30(12-8-28)31-13-9-29(10-14-31)25-45-21-23-48-24-22-45/h7-20,34H,4-6,21-25H2,1-3H3,(H,40,46)(H,41,47)(H,42,43). The van der Waals surface area contributed by atoms with Gasteiger partial charge in [0.25, 0.3) is 5.91 Å². The summed E-state index contributed by atoms with van der Waals surface area (Å²) in [5, 5.41) is 17.3. The van der Waals surface area contributed by atoms with Crippen molar-refractivity contribution in [3.8, 4) is 22.3 Å². The van der Waals surface area contributed by atoms with Crippen LogP contribution in [0.2, 0.25) is 0 Å². The summed E-state index contributed by atoms with van der Waals surface area (Å²) in [5.41, 5.74) is 9.88. The lowest BCUT2D eigenvalue weighted by Gasteiger charge is -2.26. The van der Waals surface area contributed by atoms with E-state index in [4.69, 9.17) is 4.74 Å². The lowest BCUT2D eigenvalue weighted by atomic mass is 9.99. The maximum atomic E-state index is 13.5. The molecule has 0 spiro atoms. The number of ether oxygens (including phenoxy) is 1. The zero-order valence-electron chi connectivity index (χ0n) is 27.8. The Hall–Kier alpha value is -5.06. The predicted molar refractivity (Wildman–Crippen MR) is 188 cm³/mol. The van der Waals surface area contributed by atoms with E-state index in [-0.39, 0.29) is 11.8 Å². The molecule has 248 valence electrons. The van der Waals surface area contributed by atoms with Gasteiger partial charge in [-0.25, -0.2) is 0 Å². The molecule has 5 aromatic rings. The Kier molecular flexibility index (Phi) is 10.4. The van der Waals surface area contributed by atoms with E-state index in [1.54, 1.807) is 19.3 Å². The van der Waals surface area contributed by atoms with Crippen LogP contribution in [0.4, 0.5) is 5.69 Å². The monoisotopic (exact) mass is 645 g/mol. The highest BCUT2D eigenvalue weighted by atomic mass is 16.5. The normalized spacial score (nSPS) is 14.1. The Morgan fingerprint density at radius 1 is 0.875 bits per heavy atom. The predicted octanol–water partition coefficient (Wildman–Crippen LogP) is 5.69. The van der Waals surface area contributed by atoms with Gasteiger partial charge in [-0.05, 0) is 79.1 Å². The number of benzene rings is 3. The Morgan fingerprint density at radius 3 is 2.12 bits per heavy atom. The summed E-state index contributed by atoms with van der Waals surface area (Å²) in [7, 11) is 1.71. The molecule has 2 amide bonds. The van der Waals surface area contributed by atoms with Crippen LogP contribution < -0.4 is 10.6 Å². The highest BCUT2D eigenvalue weighted by molar-refractivity contribution is 6.00. The average molecular weight is 646 g/mol. The number of H-pyrrole nitrogens is 1. The number of amides is 2. The van der Waals surface area contributed by atoms with Crippen molar-refractivity contribution in [3.05, 3.63) is 113 Å². The third-order valence-corrected chi connectivity index (χ3v) is 8.95. The fraction of sp³-hybridized carbons (Fsp3) is 0.316. The summed E-state index contributed by atoms with van der Waals surface area (Å²) in [6.45, 7) is 8.46. The van der Waals surface area contributed by atoms with Crippen LogP contribution in [0.3, 0.4) is 0 Å². The van der Waals surface area contributed by atoms with Crippen LogP contribution in [0.1, 0.15) is 45.8 Å². The summed E-state index contributed by atoms with van der Waals surface area (Å²) in [4.78, 5) is 29.0. The molecule has 1 atom stereocenters. The number of rotatable bonds is 12. The van der Waals surface area contributed by atoms with Crippen molar-refractivity contribution in [1.29, 1.82) is 0 Å². The molecule has 10 heteroatoms. The van der Waals surface area contributed by atoms with Gasteiger partial charge >= 0.3 is 0 Å². The molecule has 0 bridgehead atoms. The molecule has 1 unspecified atom stereocenters. The molecule has 1 saturated heterocycles. The zero-order valence-corrected chi connectivity index (χ0v) is 27.8. The molecular formula is C38H43N7O3. The van der Waals surface area contributed by atoms with E-state index in [9.17, 15) is 9.59 Å². The van der Waals surface area contributed by atoms with Crippen LogP contribution in [0.5, 0.6) is 0 Å². The zero-order chi connectivity index (χ0) is 33.5. The fourth-order valence-corrected chi connectivity index (χ4v) is 6.22. The molecule has 3 N–H and O–H groups in total. The molecular weight excluding hydrogens is 602 g/mol. The van der Waals surface area contributed by atoms with Crippen LogP contribution in [-0.4, -0.2) is 69.0 Å². The summed E-state index contributed by atoms with van der Waals surface area (Å²) in [5.74, 6) is -0.599. The van der Waals surface area contributed by atoms with Crippen molar-refractivity contribution in [3.63, 3.8) is 0 Å². The smallest absolute Gasteiger partial charge is 0.270 e.